The summed E-state index contributed by atoms with van der Waals surface area (Å²) in [4.78, 5) is 79.5. The summed E-state index contributed by atoms with van der Waals surface area (Å²) in [6.45, 7) is 75.6. The van der Waals surface area contributed by atoms with Crippen molar-refractivity contribution in [3.8, 4) is 0 Å². The highest BCUT2D eigenvalue weighted by Crippen LogP contribution is 2.33. The molecule has 7 N–H and O–H groups in total. The molecule has 0 spiro atoms. The molecule has 0 aromatic heterocycles. The molecule has 0 aliphatic rings. The van der Waals surface area contributed by atoms with E-state index in [-0.39, 0.29) is 41.1 Å². The van der Waals surface area contributed by atoms with Crippen LogP contribution >= 0.6 is 0 Å². The molecule has 135 heavy (non-hydrogen) atoms. The second-order valence-corrected chi connectivity index (χ2v) is 86.4. The predicted octanol–water partition coefficient (Wildman–Crippen LogP) is 22.1. The summed E-state index contributed by atoms with van der Waals surface area (Å²) >= 11 is 0. The summed E-state index contributed by atoms with van der Waals surface area (Å²) in [5, 5.41) is 47.5. The zero-order valence-corrected chi connectivity index (χ0v) is 99.5. The Balaban J connectivity index is 0.000000890. The van der Waals surface area contributed by atoms with Gasteiger partial charge >= 0.3 is 34.2 Å². The highest BCUT2D eigenvalue weighted by Gasteiger charge is 2.46. The lowest BCUT2D eigenvalue weighted by molar-refractivity contribution is -0.00451. The first kappa shape index (κ1) is 129. The van der Waals surface area contributed by atoms with Crippen molar-refractivity contribution < 1.29 is 107 Å². The highest BCUT2D eigenvalue weighted by atomic mass is 28.5. The molecule has 1 atom stereocenters. The normalized spacial score (nSPS) is 13.2. The Morgan fingerprint density at radius 2 is 0.548 bits per heavy atom. The molecule has 5 aromatic rings. The van der Waals surface area contributed by atoms with Gasteiger partial charge in [-0.15, -0.1) is 6.58 Å². The number of benzene rings is 5. The van der Waals surface area contributed by atoms with Crippen LogP contribution in [0.1, 0.15) is 207 Å². The molecule has 0 aliphatic heterocycles. The van der Waals surface area contributed by atoms with Gasteiger partial charge in [0.15, 0.2) is 78.8 Å². The number of hydrogen-bond acceptors (Lipinski definition) is 23. The van der Waals surface area contributed by atoms with Crippen molar-refractivity contribution in [3.05, 3.63) is 190 Å². The molecule has 33 heteroatoms. The van der Waals surface area contributed by atoms with Crippen LogP contribution in [0, 0.1) is 0 Å². The first-order valence-corrected chi connectivity index (χ1v) is 78.9. The van der Waals surface area contributed by atoms with Crippen LogP contribution in [0.3, 0.4) is 0 Å². The molecule has 0 aliphatic carbocycles. The average Bonchev–Trinajstić information content (AvgIpc) is 0.800. The summed E-state index contributed by atoms with van der Waals surface area (Å²) in [6, 6.07) is 39.5. The van der Waals surface area contributed by atoms with Crippen molar-refractivity contribution in [2.75, 3.05) is 66.1 Å². The molecule has 0 fully saturated rings. The van der Waals surface area contributed by atoms with Crippen LogP contribution in [-0.4, -0.2) is 242 Å². The summed E-state index contributed by atoms with van der Waals surface area (Å²) in [5.41, 5.74) is 2.54. The van der Waals surface area contributed by atoms with Crippen LogP contribution in [0.25, 0.3) is 0 Å². The number of rotatable bonds is 59. The van der Waals surface area contributed by atoms with Gasteiger partial charge in [0, 0.05) is 86.2 Å². The Morgan fingerprint density at radius 3 is 0.793 bits per heavy atom. The van der Waals surface area contributed by atoms with E-state index in [9.17, 15) is 54.0 Å². The molecular weight excluding hydrogens is 1870 g/mol. The molecule has 5 rings (SSSR count). The quantitative estimate of drug-likeness (QED) is 0.00823. The molecule has 0 heterocycles. The monoisotopic (exact) mass is 2060 g/mol. The zero-order chi connectivity index (χ0) is 104. The van der Waals surface area contributed by atoms with Crippen LogP contribution in [0.2, 0.25) is 168 Å². The lowest BCUT2D eigenvalue weighted by Gasteiger charge is -2.41. The van der Waals surface area contributed by atoms with Crippen LogP contribution in [-0.2, 0) is 80.5 Å². The Hall–Kier alpha value is -4.36. The minimum absolute atomic E-state index is 0.00542. The van der Waals surface area contributed by atoms with E-state index < -0.39 is 112 Å². The van der Waals surface area contributed by atoms with E-state index in [1.807, 2.05) is 74.5 Å². The number of hydrogen-bond donors (Lipinski definition) is 7. The van der Waals surface area contributed by atoms with Gasteiger partial charge in [-0.1, -0.05) is 134 Å². The number of carbonyl (C=O) groups is 5. The fraction of sp³-hybridized carbons (Fsp3) is 0.637. The second kappa shape index (κ2) is 58.4. The van der Waals surface area contributed by atoms with Crippen LogP contribution in [0.4, 0.5) is 0 Å². The van der Waals surface area contributed by atoms with E-state index in [4.69, 9.17) is 53.5 Å². The lowest BCUT2D eigenvalue weighted by Crippen LogP contribution is -2.55. The topological polar surface area (TPSA) is 328 Å². The molecule has 5 aromatic carbocycles. The van der Waals surface area contributed by atoms with Crippen LogP contribution in [0.5, 0.6) is 0 Å². The molecule has 0 radical (unpaired) electrons. The van der Waals surface area contributed by atoms with E-state index in [1.165, 1.54) is 67.5 Å². The standard InChI is InChI=1S/C33H70O7Si6.C23H44O5Si3.C17H28O5Si.C16H22O3.C13H18O3/c1-33(2,36-27-19-29-46(16,39-43(9,10)11)40-44(12,13)14)32(34)31-23-21-30(22-24-31)20-17-25-35-26-18-28-45(15,37-41(3,4)5)38-42(6,7)8;1-19(31(10,27-29(4,5)6)28-30(7,8)9)18-26-17-11-12-20-13-15-21(16-14-20)22(24)23(2,3)25;1-17(2,19)16(18)15-9-7-14(8-10-15)6-4-11-22-12-5-13-23(3,20)21;1-4-11-19-12-5-6-13-7-9-14(10-8-13)15(17)16(2,3)18;1-13(2,16)12(15)11-7-5-10(6-8-11)4-3-9-14/h21-24H,17-20,25-29H2,1-16H3;13-16,19,25H,11-12,17-18H2,1-10H3;7-10,19-21H,4-6,11-13H2,1-3H3;4,7-10,18H,1,5-6,11-12H2,2-3H3;5-8,14,16H,3-4,9H2,1-2H3. The third kappa shape index (κ3) is 60.0. The molecule has 0 saturated carbocycles. The third-order valence-corrected chi connectivity index (χ3v) is 50.8. The molecule has 0 bridgehead atoms. The van der Waals surface area contributed by atoms with E-state index >= 15 is 0 Å². The number of ketones is 5. The minimum atomic E-state index is -2.93. The number of aliphatic hydroxyl groups excluding tert-OH is 1. The number of aryl methyl sites for hydroxylation is 5. The number of Topliss-reactive ketones (excluding diaryl/α,β-unsaturated/α-hetero) is 5. The molecule has 23 nitrogen and oxygen atoms in total. The Kier molecular flexibility index (Phi) is 55.7. The molecule has 1 unspecified atom stereocenters. The maximum absolute atomic E-state index is 13.3. The van der Waals surface area contributed by atoms with Gasteiger partial charge in [-0.3, -0.25) is 24.0 Å². The van der Waals surface area contributed by atoms with Crippen LogP contribution in [0.15, 0.2) is 134 Å². The van der Waals surface area contributed by atoms with Crippen molar-refractivity contribution >= 4 is 113 Å². The van der Waals surface area contributed by atoms with E-state index in [0.29, 0.717) is 86.5 Å². The highest BCUT2D eigenvalue weighted by molar-refractivity contribution is 6.89. The van der Waals surface area contributed by atoms with Crippen molar-refractivity contribution in [2.45, 2.75) is 355 Å². The van der Waals surface area contributed by atoms with Gasteiger partial charge in [-0.05, 0) is 343 Å². The van der Waals surface area contributed by atoms with Gasteiger partial charge in [0.1, 0.15) is 28.0 Å². The second-order valence-electron chi connectivity index (χ2n) is 44.6. The smallest absolute Gasteiger partial charge is 0.329 e. The molecular formula is C102H182O23Si10. The maximum atomic E-state index is 13.3. The number of ether oxygens (including phenoxy) is 5. The average molecular weight is 2060 g/mol. The van der Waals surface area contributed by atoms with Gasteiger partial charge in [-0.2, -0.15) is 0 Å². The van der Waals surface area contributed by atoms with Crippen molar-refractivity contribution in [3.63, 3.8) is 0 Å². The van der Waals surface area contributed by atoms with Crippen molar-refractivity contribution in [2.24, 2.45) is 0 Å². The van der Waals surface area contributed by atoms with Crippen molar-refractivity contribution in [1.82, 2.24) is 0 Å². The Bertz CT molecular complexity index is 4180. The SMILES string of the molecule is C=CCOCCCc1ccc(C(=O)C(C)(C)O)cc1.CC(C)(O)C(=O)c1ccc(CCCO)cc1.CC(C)(O)C(=O)c1ccc(CCCOCCC[Si](C)(O)O)cc1.CC(C)(OCCC[Si](C)(O[Si](C)(C)C)O[Si](C)(C)C)C(=O)c1ccc(CCCOCCC[Si](C)(O[Si](C)(C)C)O[Si](C)(C)C)cc1.CC(COCCCc1ccc(C(=O)C(C)(C)O)cc1)[Si](C)(O[Si](C)(C)C)O[Si](C)(C)C. The summed E-state index contributed by atoms with van der Waals surface area (Å²) < 4.78 is 68.6. The molecule has 768 valence electrons. The Morgan fingerprint density at radius 1 is 0.319 bits per heavy atom. The van der Waals surface area contributed by atoms with E-state index in [2.05, 4.69) is 163 Å². The fourth-order valence-corrected chi connectivity index (χ4v) is 52.6. The van der Waals surface area contributed by atoms with Crippen molar-refractivity contribution in [1.29, 1.82) is 0 Å². The number of carbonyl (C=O) groups excluding carboxylic acids is 5. The summed E-state index contributed by atoms with van der Waals surface area (Å²) in [5.74, 6) is -1.07. The first-order valence-electron chi connectivity index (χ1n) is 48.5. The predicted molar refractivity (Wildman–Crippen MR) is 576 cm³/mol. The summed E-state index contributed by atoms with van der Waals surface area (Å²) in [7, 11) is -20.0. The van der Waals surface area contributed by atoms with Gasteiger partial charge in [0.2, 0.25) is 0 Å². The van der Waals surface area contributed by atoms with E-state index in [1.54, 1.807) is 54.6 Å². The fourth-order valence-electron chi connectivity index (χ4n) is 14.5. The first-order chi connectivity index (χ1) is 61.5. The minimum Gasteiger partial charge on any atom is -0.437 e. The molecule has 0 saturated heterocycles. The van der Waals surface area contributed by atoms with Gasteiger partial charge in [-0.25, -0.2) is 0 Å². The summed E-state index contributed by atoms with van der Waals surface area (Å²) in [6.07, 6.45) is 12.9. The third-order valence-electron chi connectivity index (χ3n) is 20.2. The lowest BCUT2D eigenvalue weighted by atomic mass is 9.95. The van der Waals surface area contributed by atoms with Crippen LogP contribution < -0.4 is 0 Å². The Labute approximate surface area is 825 Å². The largest absolute Gasteiger partial charge is 0.437 e. The van der Waals surface area contributed by atoms with Gasteiger partial charge in [0.05, 0.1) is 13.2 Å². The zero-order valence-electron chi connectivity index (χ0n) is 89.5. The number of aliphatic hydroxyl groups is 5. The molecule has 0 amide bonds. The van der Waals surface area contributed by atoms with E-state index in [0.717, 1.165) is 125 Å². The van der Waals surface area contributed by atoms with Gasteiger partial charge < -0.3 is 83.5 Å². The van der Waals surface area contributed by atoms with Gasteiger partial charge in [0.25, 0.3) is 0 Å². The maximum Gasteiger partial charge on any atom is 0.329 e.